The number of carbonyl (C=O) groups excluding carboxylic acids is 1. The molecular formula is C21H26N2O4. The largest absolute Gasteiger partial charge is 0.468 e. The van der Waals surface area contributed by atoms with E-state index in [0.29, 0.717) is 19.6 Å². The highest BCUT2D eigenvalue weighted by Gasteiger charge is 2.81. The second kappa shape index (κ2) is 5.56. The van der Waals surface area contributed by atoms with E-state index in [1.54, 1.807) is 0 Å². The lowest BCUT2D eigenvalue weighted by molar-refractivity contribution is -0.192. The van der Waals surface area contributed by atoms with Crippen LogP contribution in [0.3, 0.4) is 0 Å². The Morgan fingerprint density at radius 1 is 1.44 bits per heavy atom. The molecule has 6 nitrogen and oxygen atoms in total. The molecule has 3 fully saturated rings. The zero-order valence-electron chi connectivity index (χ0n) is 15.7. The van der Waals surface area contributed by atoms with E-state index in [9.17, 15) is 9.90 Å². The number of hydrogen-bond acceptors (Lipinski definition) is 6. The second-order valence-corrected chi connectivity index (χ2v) is 8.12. The lowest BCUT2D eigenvalue weighted by atomic mass is 9.44. The average molecular weight is 370 g/mol. The molecule has 6 heteroatoms. The van der Waals surface area contributed by atoms with Crippen LogP contribution >= 0.6 is 0 Å². The number of rotatable bonds is 2. The molecule has 3 heterocycles. The molecule has 5 rings (SSSR count). The van der Waals surface area contributed by atoms with Gasteiger partial charge in [0.05, 0.1) is 31.8 Å². The highest BCUT2D eigenvalue weighted by molar-refractivity contribution is 5.85. The molecule has 1 aliphatic carbocycles. The molecule has 2 bridgehead atoms. The number of benzene rings is 1. The molecule has 0 amide bonds. The maximum absolute atomic E-state index is 13.5. The number of aliphatic hydroxyl groups excluding tert-OH is 1. The van der Waals surface area contributed by atoms with E-state index in [1.807, 2.05) is 25.1 Å². The van der Waals surface area contributed by atoms with Crippen molar-refractivity contribution in [2.24, 2.45) is 11.3 Å². The van der Waals surface area contributed by atoms with Crippen molar-refractivity contribution in [3.8, 4) is 0 Å². The topological polar surface area (TPSA) is 79.8 Å². The number of nitrogens with one attached hydrogen (secondary N) is 2. The molecule has 0 unspecified atom stereocenters. The SMILES string of the molecule is C/C=C1/CN[C@H]2C[C@@H]1[C@](CO)(C(=O)OC)[C@@]13CCO[C@@]21Nc1ccccc13. The van der Waals surface area contributed by atoms with Crippen molar-refractivity contribution in [2.45, 2.75) is 36.9 Å². The van der Waals surface area contributed by atoms with Gasteiger partial charge < -0.3 is 25.2 Å². The van der Waals surface area contributed by atoms with Crippen LogP contribution in [-0.2, 0) is 19.7 Å². The molecular weight excluding hydrogens is 344 g/mol. The maximum Gasteiger partial charge on any atom is 0.315 e. The van der Waals surface area contributed by atoms with Gasteiger partial charge in [0.15, 0.2) is 5.72 Å². The number of allylic oxidation sites excluding steroid dienone is 1. The fourth-order valence-corrected chi connectivity index (χ4v) is 6.67. The molecule has 3 aliphatic heterocycles. The van der Waals surface area contributed by atoms with Gasteiger partial charge in [-0.2, -0.15) is 0 Å². The number of methoxy groups -OCH3 is 1. The van der Waals surface area contributed by atoms with E-state index in [0.717, 1.165) is 23.2 Å². The third-order valence-corrected chi connectivity index (χ3v) is 7.64. The Balaban J connectivity index is 1.87. The molecule has 1 saturated carbocycles. The summed E-state index contributed by atoms with van der Waals surface area (Å²) in [4.78, 5) is 13.5. The van der Waals surface area contributed by atoms with Gasteiger partial charge in [0.1, 0.15) is 5.41 Å². The highest BCUT2D eigenvalue weighted by atomic mass is 16.5. The van der Waals surface area contributed by atoms with Crippen molar-refractivity contribution in [1.82, 2.24) is 5.32 Å². The van der Waals surface area contributed by atoms with Gasteiger partial charge in [-0.25, -0.2) is 0 Å². The lowest BCUT2D eigenvalue weighted by Crippen LogP contribution is -2.78. The van der Waals surface area contributed by atoms with Crippen LogP contribution in [0.15, 0.2) is 35.9 Å². The van der Waals surface area contributed by atoms with Gasteiger partial charge in [0.25, 0.3) is 0 Å². The van der Waals surface area contributed by atoms with Gasteiger partial charge in [-0.15, -0.1) is 0 Å². The molecule has 0 aromatic heterocycles. The monoisotopic (exact) mass is 370 g/mol. The highest BCUT2D eigenvalue weighted by Crippen LogP contribution is 2.70. The number of piperidine rings is 1. The minimum absolute atomic E-state index is 0.0467. The predicted molar refractivity (Wildman–Crippen MR) is 100 cm³/mol. The normalized spacial score (nSPS) is 42.9. The van der Waals surface area contributed by atoms with Gasteiger partial charge in [0, 0.05) is 18.2 Å². The Labute approximate surface area is 158 Å². The first-order valence-corrected chi connectivity index (χ1v) is 9.70. The third-order valence-electron chi connectivity index (χ3n) is 7.64. The average Bonchev–Trinajstić information content (AvgIpc) is 3.22. The fraction of sp³-hybridized carbons (Fsp3) is 0.571. The summed E-state index contributed by atoms with van der Waals surface area (Å²) in [5.41, 5.74) is 0.658. The van der Waals surface area contributed by atoms with Gasteiger partial charge >= 0.3 is 5.97 Å². The molecule has 0 spiro atoms. The number of fused-ring (bicyclic) bond motifs is 3. The van der Waals surface area contributed by atoms with Gasteiger partial charge in [0.2, 0.25) is 0 Å². The summed E-state index contributed by atoms with van der Waals surface area (Å²) in [6, 6.07) is 8.14. The number of carbonyl (C=O) groups is 1. The molecule has 0 radical (unpaired) electrons. The summed E-state index contributed by atoms with van der Waals surface area (Å²) in [6.07, 6.45) is 3.46. The molecule has 5 atom stereocenters. The smallest absolute Gasteiger partial charge is 0.315 e. The number of hydrogen-bond donors (Lipinski definition) is 3. The Hall–Kier alpha value is -1.89. The van der Waals surface area contributed by atoms with Crippen molar-refractivity contribution in [2.75, 3.05) is 32.2 Å². The first-order chi connectivity index (χ1) is 13.1. The molecule has 4 aliphatic rings. The predicted octanol–water partition coefficient (Wildman–Crippen LogP) is 1.56. The van der Waals surface area contributed by atoms with Gasteiger partial charge in [-0.05, 0) is 31.4 Å². The summed E-state index contributed by atoms with van der Waals surface area (Å²) < 4.78 is 11.8. The van der Waals surface area contributed by atoms with E-state index in [1.165, 1.54) is 7.11 Å². The van der Waals surface area contributed by atoms with Crippen LogP contribution in [0.25, 0.3) is 0 Å². The summed E-state index contributed by atoms with van der Waals surface area (Å²) in [6.45, 7) is 2.96. The quantitative estimate of drug-likeness (QED) is 0.542. The molecule has 1 aromatic carbocycles. The zero-order valence-corrected chi connectivity index (χ0v) is 15.7. The van der Waals surface area contributed by atoms with E-state index in [-0.39, 0.29) is 24.5 Å². The number of anilines is 1. The molecule has 27 heavy (non-hydrogen) atoms. The van der Waals surface area contributed by atoms with Crippen LogP contribution in [0.4, 0.5) is 5.69 Å². The van der Waals surface area contributed by atoms with Gasteiger partial charge in [-0.3, -0.25) is 4.79 Å². The number of ether oxygens (including phenoxy) is 2. The molecule has 2 saturated heterocycles. The summed E-state index contributed by atoms with van der Waals surface area (Å²) in [5, 5.41) is 18.1. The molecule has 1 aromatic rings. The first-order valence-electron chi connectivity index (χ1n) is 9.70. The van der Waals surface area contributed by atoms with Crippen LogP contribution in [0.2, 0.25) is 0 Å². The van der Waals surface area contributed by atoms with E-state index < -0.39 is 16.6 Å². The minimum atomic E-state index is -1.09. The fourth-order valence-electron chi connectivity index (χ4n) is 6.67. The number of esters is 1. The summed E-state index contributed by atoms with van der Waals surface area (Å²) in [7, 11) is 1.42. The van der Waals surface area contributed by atoms with Crippen molar-refractivity contribution >= 4 is 11.7 Å². The Morgan fingerprint density at radius 2 is 2.26 bits per heavy atom. The van der Waals surface area contributed by atoms with Crippen LogP contribution in [0.5, 0.6) is 0 Å². The van der Waals surface area contributed by atoms with Gasteiger partial charge in [-0.1, -0.05) is 29.8 Å². The van der Waals surface area contributed by atoms with E-state index in [4.69, 9.17) is 9.47 Å². The molecule has 144 valence electrons. The van der Waals surface area contributed by atoms with E-state index in [2.05, 4.69) is 22.8 Å². The van der Waals surface area contributed by atoms with Crippen molar-refractivity contribution in [3.63, 3.8) is 0 Å². The van der Waals surface area contributed by atoms with E-state index >= 15 is 0 Å². The van der Waals surface area contributed by atoms with Crippen molar-refractivity contribution in [1.29, 1.82) is 0 Å². The first kappa shape index (κ1) is 17.2. The summed E-state index contributed by atoms with van der Waals surface area (Å²) >= 11 is 0. The second-order valence-electron chi connectivity index (χ2n) is 8.12. The number of para-hydroxylation sites is 1. The standard InChI is InChI=1S/C21H26N2O4/c1-3-13-11-22-17-10-15(13)19(12-24,18(25)26-2)20-8-9-27-21(17,20)23-16-7-5-4-6-14(16)20/h3-7,15,17,22-24H,8-12H2,1-2H3/b13-3-/t15-,17-,19+,20-,21-/m0/s1. The minimum Gasteiger partial charge on any atom is -0.468 e. The van der Waals surface area contributed by atoms with Crippen molar-refractivity contribution < 1.29 is 19.4 Å². The number of aliphatic hydroxyl groups is 1. The van der Waals surface area contributed by atoms with Crippen molar-refractivity contribution in [3.05, 3.63) is 41.5 Å². The Morgan fingerprint density at radius 3 is 3.00 bits per heavy atom. The van der Waals surface area contributed by atoms with Crippen LogP contribution in [-0.4, -0.2) is 49.7 Å². The third kappa shape index (κ3) is 1.67. The Kier molecular flexibility index (Phi) is 3.55. The lowest BCUT2D eigenvalue weighted by Gasteiger charge is -2.62. The maximum atomic E-state index is 13.5. The zero-order chi connectivity index (χ0) is 18.9. The molecule has 3 N–H and O–H groups in total. The Bertz CT molecular complexity index is 839. The van der Waals surface area contributed by atoms with Crippen LogP contribution in [0, 0.1) is 11.3 Å². The summed E-state index contributed by atoms with van der Waals surface area (Å²) in [5.74, 6) is -0.433. The van der Waals surface area contributed by atoms with Crippen LogP contribution in [0.1, 0.15) is 25.3 Å². The van der Waals surface area contributed by atoms with Crippen LogP contribution < -0.4 is 10.6 Å².